The van der Waals surface area contributed by atoms with Crippen molar-refractivity contribution in [2.75, 3.05) is 20.0 Å². The minimum Gasteiger partial charge on any atom is -0.493 e. The molecule has 2 rings (SSSR count). The Bertz CT molecular complexity index is 529. The van der Waals surface area contributed by atoms with E-state index >= 15 is 0 Å². The number of pyridine rings is 1. The molecule has 94 valence electrons. The predicted octanol–water partition coefficient (Wildman–Crippen LogP) is 2.47. The largest absolute Gasteiger partial charge is 0.493 e. The molecule has 2 aromatic rings. The van der Waals surface area contributed by atoms with Gasteiger partial charge in [0.15, 0.2) is 17.2 Å². The van der Waals surface area contributed by atoms with Gasteiger partial charge in [-0.15, -0.1) is 0 Å². The highest BCUT2D eigenvalue weighted by atomic mass is 16.5. The third-order valence-corrected chi connectivity index (χ3v) is 2.38. The maximum atomic E-state index is 5.89. The summed E-state index contributed by atoms with van der Waals surface area (Å²) in [6.45, 7) is 0. The van der Waals surface area contributed by atoms with Gasteiger partial charge in [0.25, 0.3) is 0 Å². The number of nitrogens with two attached hydrogens (primary N) is 1. The quantitative estimate of drug-likeness (QED) is 0.839. The molecule has 0 unspecified atom stereocenters. The first-order valence-electron chi connectivity index (χ1n) is 5.34. The van der Waals surface area contributed by atoms with Crippen LogP contribution in [0.3, 0.4) is 0 Å². The topological polar surface area (TPSA) is 66.6 Å². The fraction of sp³-hybridized carbons (Fsp3) is 0.154. The summed E-state index contributed by atoms with van der Waals surface area (Å²) >= 11 is 0. The first kappa shape index (κ1) is 12.0. The molecule has 1 aromatic carbocycles. The lowest BCUT2D eigenvalue weighted by Crippen LogP contribution is -1.96. The van der Waals surface area contributed by atoms with Gasteiger partial charge >= 0.3 is 0 Å². The van der Waals surface area contributed by atoms with Crippen molar-refractivity contribution in [1.29, 1.82) is 0 Å². The number of nitrogens with zero attached hydrogens (tertiary/aromatic N) is 1. The third-order valence-electron chi connectivity index (χ3n) is 2.38. The molecule has 0 saturated carbocycles. The zero-order valence-electron chi connectivity index (χ0n) is 10.2. The second-order valence-corrected chi connectivity index (χ2v) is 3.54. The van der Waals surface area contributed by atoms with Crippen LogP contribution < -0.4 is 19.9 Å². The van der Waals surface area contributed by atoms with Crippen molar-refractivity contribution in [2.45, 2.75) is 0 Å². The van der Waals surface area contributed by atoms with Gasteiger partial charge in [0.05, 0.1) is 26.1 Å². The summed E-state index contributed by atoms with van der Waals surface area (Å²) in [5.41, 5.74) is 6.36. The van der Waals surface area contributed by atoms with Crippen LogP contribution in [0.15, 0.2) is 36.7 Å². The van der Waals surface area contributed by atoms with Gasteiger partial charge in [-0.3, -0.25) is 4.98 Å². The number of hydrogen-bond acceptors (Lipinski definition) is 5. The van der Waals surface area contributed by atoms with E-state index in [9.17, 15) is 0 Å². The molecule has 1 aromatic heterocycles. The van der Waals surface area contributed by atoms with Gasteiger partial charge in [-0.25, -0.2) is 0 Å². The van der Waals surface area contributed by atoms with Crippen LogP contribution in [0.5, 0.6) is 23.0 Å². The van der Waals surface area contributed by atoms with Gasteiger partial charge in [-0.2, -0.15) is 0 Å². The van der Waals surface area contributed by atoms with Gasteiger partial charge in [-0.1, -0.05) is 0 Å². The minimum atomic E-state index is 0.469. The Hall–Kier alpha value is -2.43. The minimum absolute atomic E-state index is 0.469. The average Bonchev–Trinajstić information content (AvgIpc) is 2.41. The summed E-state index contributed by atoms with van der Waals surface area (Å²) < 4.78 is 16.0. The molecule has 1 heterocycles. The zero-order valence-corrected chi connectivity index (χ0v) is 10.2. The van der Waals surface area contributed by atoms with E-state index in [1.165, 1.54) is 0 Å². The van der Waals surface area contributed by atoms with Gasteiger partial charge in [0, 0.05) is 18.3 Å². The summed E-state index contributed by atoms with van der Waals surface area (Å²) in [5, 5.41) is 0. The predicted molar refractivity (Wildman–Crippen MR) is 68.3 cm³/mol. The van der Waals surface area contributed by atoms with E-state index in [2.05, 4.69) is 4.98 Å². The molecule has 0 aliphatic heterocycles. The number of hydrogen-bond donors (Lipinski definition) is 1. The highest BCUT2D eigenvalue weighted by Gasteiger charge is 2.10. The van der Waals surface area contributed by atoms with Crippen LogP contribution in [0.2, 0.25) is 0 Å². The van der Waals surface area contributed by atoms with E-state index in [-0.39, 0.29) is 0 Å². The fourth-order valence-electron chi connectivity index (χ4n) is 1.50. The smallest absolute Gasteiger partial charge is 0.164 e. The molecule has 0 atom stereocenters. The van der Waals surface area contributed by atoms with Crippen LogP contribution in [0, 0.1) is 0 Å². The van der Waals surface area contributed by atoms with Crippen molar-refractivity contribution in [3.8, 4) is 23.0 Å². The molecular weight excluding hydrogens is 232 g/mol. The van der Waals surface area contributed by atoms with E-state index in [0.717, 1.165) is 0 Å². The molecule has 5 heteroatoms. The lowest BCUT2D eigenvalue weighted by molar-refractivity contribution is 0.352. The molecule has 18 heavy (non-hydrogen) atoms. The van der Waals surface area contributed by atoms with Gasteiger partial charge in [-0.05, 0) is 12.1 Å². The van der Waals surface area contributed by atoms with E-state index in [1.54, 1.807) is 50.9 Å². The highest BCUT2D eigenvalue weighted by molar-refractivity contribution is 5.62. The van der Waals surface area contributed by atoms with Crippen molar-refractivity contribution in [2.24, 2.45) is 0 Å². The number of methoxy groups -OCH3 is 2. The molecule has 0 aliphatic rings. The number of rotatable bonds is 4. The van der Waals surface area contributed by atoms with Gasteiger partial charge in [0.1, 0.15) is 5.75 Å². The van der Waals surface area contributed by atoms with Crippen molar-refractivity contribution in [1.82, 2.24) is 4.98 Å². The Morgan fingerprint density at radius 2 is 1.78 bits per heavy atom. The van der Waals surface area contributed by atoms with E-state index in [0.29, 0.717) is 28.7 Å². The third kappa shape index (κ3) is 2.45. The number of aromatic nitrogens is 1. The Morgan fingerprint density at radius 3 is 2.39 bits per heavy atom. The van der Waals surface area contributed by atoms with Crippen molar-refractivity contribution >= 4 is 5.69 Å². The van der Waals surface area contributed by atoms with Crippen LogP contribution in [0.4, 0.5) is 5.69 Å². The van der Waals surface area contributed by atoms with Crippen molar-refractivity contribution in [3.05, 3.63) is 36.7 Å². The second-order valence-electron chi connectivity index (χ2n) is 3.54. The van der Waals surface area contributed by atoms with Crippen LogP contribution in [0.1, 0.15) is 0 Å². The summed E-state index contributed by atoms with van der Waals surface area (Å²) in [6.07, 6.45) is 3.28. The lowest BCUT2D eigenvalue weighted by atomic mass is 10.2. The molecule has 0 fully saturated rings. The molecule has 0 spiro atoms. The Labute approximate surface area is 105 Å². The maximum absolute atomic E-state index is 5.89. The zero-order chi connectivity index (χ0) is 13.0. The van der Waals surface area contributed by atoms with Crippen LogP contribution in [-0.2, 0) is 0 Å². The van der Waals surface area contributed by atoms with E-state index in [1.807, 2.05) is 0 Å². The Balaban J connectivity index is 2.33. The lowest BCUT2D eigenvalue weighted by Gasteiger charge is -2.13. The number of ether oxygens (including phenoxy) is 3. The van der Waals surface area contributed by atoms with Crippen LogP contribution in [0.25, 0.3) is 0 Å². The fourth-order valence-corrected chi connectivity index (χ4v) is 1.50. The summed E-state index contributed by atoms with van der Waals surface area (Å²) in [4.78, 5) is 3.97. The SMILES string of the molecule is COc1cc(N)c(Oc2cccnc2)cc1OC. The highest BCUT2D eigenvalue weighted by Crippen LogP contribution is 2.38. The summed E-state index contributed by atoms with van der Waals surface area (Å²) in [7, 11) is 3.11. The number of nitrogen functional groups attached to an aromatic ring is 1. The van der Waals surface area contributed by atoms with Crippen molar-refractivity contribution in [3.63, 3.8) is 0 Å². The molecule has 0 bridgehead atoms. The Morgan fingerprint density at radius 1 is 1.06 bits per heavy atom. The molecule has 5 nitrogen and oxygen atoms in total. The summed E-state index contributed by atoms with van der Waals surface area (Å²) in [5.74, 6) is 2.23. The van der Waals surface area contributed by atoms with Crippen LogP contribution >= 0.6 is 0 Å². The monoisotopic (exact) mass is 246 g/mol. The van der Waals surface area contributed by atoms with Crippen molar-refractivity contribution < 1.29 is 14.2 Å². The molecule has 2 N–H and O–H groups in total. The molecular formula is C13H14N2O3. The summed E-state index contributed by atoms with van der Waals surface area (Å²) in [6, 6.07) is 6.92. The van der Waals surface area contributed by atoms with E-state index in [4.69, 9.17) is 19.9 Å². The Kier molecular flexibility index (Phi) is 3.52. The number of anilines is 1. The molecule has 0 saturated heterocycles. The first-order valence-corrected chi connectivity index (χ1v) is 5.34. The maximum Gasteiger partial charge on any atom is 0.164 e. The number of benzene rings is 1. The first-order chi connectivity index (χ1) is 8.74. The normalized spacial score (nSPS) is 9.89. The van der Waals surface area contributed by atoms with Crippen LogP contribution in [-0.4, -0.2) is 19.2 Å². The van der Waals surface area contributed by atoms with Gasteiger partial charge < -0.3 is 19.9 Å². The average molecular weight is 246 g/mol. The second kappa shape index (κ2) is 5.27. The molecule has 0 radical (unpaired) electrons. The van der Waals surface area contributed by atoms with Gasteiger partial charge in [0.2, 0.25) is 0 Å². The van der Waals surface area contributed by atoms with E-state index < -0.39 is 0 Å². The standard InChI is InChI=1S/C13H14N2O3/c1-16-12-6-10(14)11(7-13(12)17-2)18-9-4-3-5-15-8-9/h3-8H,14H2,1-2H3. The molecule has 0 aliphatic carbocycles. The molecule has 0 amide bonds.